The largest absolute Gasteiger partial charge is 0.349 e. The maximum atomic E-state index is 13.3. The lowest BCUT2D eigenvalue weighted by Crippen LogP contribution is -2.39. The summed E-state index contributed by atoms with van der Waals surface area (Å²) >= 11 is 12.7. The number of amides is 1. The fourth-order valence-electron chi connectivity index (χ4n) is 5.28. The summed E-state index contributed by atoms with van der Waals surface area (Å²) in [6, 6.07) is 3.57. The Balaban J connectivity index is 1.79. The van der Waals surface area contributed by atoms with Gasteiger partial charge in [0.15, 0.2) is 9.84 Å². The number of rotatable bonds is 4. The third kappa shape index (κ3) is 3.68. The molecule has 2 saturated carbocycles. The standard InChI is InChI=1S/C21H26Cl2N2O3S/c1-11-18(21(26)24-15-9-13-4-5-14(8-13)10-15)16-6-7-17(22)19(23)20(16)25(11)12(2)29(3,27)28/h6-7,12-15H,4-5,8-10H2,1-3H3,(H,24,26). The SMILES string of the molecule is Cc1c(C(=O)NC2CC3CCC(C3)C2)c2ccc(Cl)c(Cl)c2n1C(C)S(C)(=O)=O. The Morgan fingerprint density at radius 2 is 1.79 bits per heavy atom. The van der Waals surface area contributed by atoms with E-state index in [0.29, 0.717) is 39.0 Å². The first-order chi connectivity index (χ1) is 13.6. The van der Waals surface area contributed by atoms with Gasteiger partial charge in [0, 0.05) is 23.4 Å². The molecule has 1 N–H and O–H groups in total. The maximum absolute atomic E-state index is 13.3. The number of carbonyl (C=O) groups excluding carboxylic acids is 1. The van der Waals surface area contributed by atoms with E-state index in [1.165, 1.54) is 25.5 Å². The number of hydrogen-bond acceptors (Lipinski definition) is 3. The summed E-state index contributed by atoms with van der Waals surface area (Å²) in [7, 11) is -3.42. The number of carbonyl (C=O) groups is 1. The molecule has 1 aromatic carbocycles. The minimum Gasteiger partial charge on any atom is -0.349 e. The second-order valence-electron chi connectivity index (χ2n) is 8.70. The lowest BCUT2D eigenvalue weighted by molar-refractivity contribution is 0.0919. The summed E-state index contributed by atoms with van der Waals surface area (Å²) in [5, 5.41) is 3.57. The number of fused-ring (bicyclic) bond motifs is 3. The molecule has 2 aliphatic rings. The summed E-state index contributed by atoms with van der Waals surface area (Å²) in [6.07, 6.45) is 7.02. The van der Waals surface area contributed by atoms with Crippen LogP contribution in [0.3, 0.4) is 0 Å². The van der Waals surface area contributed by atoms with Crippen molar-refractivity contribution >= 4 is 49.8 Å². The number of hydrogen-bond donors (Lipinski definition) is 1. The number of nitrogens with zero attached hydrogens (tertiary/aromatic N) is 1. The second kappa shape index (κ2) is 7.47. The molecule has 1 amide bonds. The predicted molar refractivity (Wildman–Crippen MR) is 118 cm³/mol. The summed E-state index contributed by atoms with van der Waals surface area (Å²) in [5.41, 5.74) is 1.55. The summed E-state index contributed by atoms with van der Waals surface area (Å²) in [5.74, 6) is 1.25. The number of sulfone groups is 1. The Bertz CT molecular complexity index is 1080. The zero-order valence-corrected chi connectivity index (χ0v) is 19.2. The molecule has 2 aliphatic carbocycles. The van der Waals surface area contributed by atoms with Crippen LogP contribution in [-0.4, -0.2) is 31.2 Å². The van der Waals surface area contributed by atoms with Crippen molar-refractivity contribution in [3.05, 3.63) is 33.4 Å². The highest BCUT2D eigenvalue weighted by molar-refractivity contribution is 7.90. The third-order valence-corrected chi connectivity index (χ3v) is 8.98. The van der Waals surface area contributed by atoms with Gasteiger partial charge in [-0.25, -0.2) is 8.42 Å². The topological polar surface area (TPSA) is 68.2 Å². The van der Waals surface area contributed by atoms with Crippen molar-refractivity contribution in [1.82, 2.24) is 9.88 Å². The number of aromatic nitrogens is 1. The first-order valence-corrected chi connectivity index (χ1v) is 12.8. The van der Waals surface area contributed by atoms with Crippen molar-refractivity contribution in [1.29, 1.82) is 0 Å². The fraction of sp³-hybridized carbons (Fsp3) is 0.571. The lowest BCUT2D eigenvalue weighted by Gasteiger charge is -2.28. The van der Waals surface area contributed by atoms with Crippen LogP contribution in [0.5, 0.6) is 0 Å². The lowest BCUT2D eigenvalue weighted by atomic mass is 9.85. The van der Waals surface area contributed by atoms with Gasteiger partial charge < -0.3 is 9.88 Å². The fourth-order valence-corrected chi connectivity index (χ4v) is 6.33. The van der Waals surface area contributed by atoms with Gasteiger partial charge in [-0.15, -0.1) is 0 Å². The third-order valence-electron chi connectivity index (χ3n) is 6.73. The average Bonchev–Trinajstić information content (AvgIpc) is 3.13. The molecule has 2 aromatic rings. The molecule has 0 spiro atoms. The zero-order chi connectivity index (χ0) is 21.1. The molecule has 5 nitrogen and oxygen atoms in total. The summed E-state index contributed by atoms with van der Waals surface area (Å²) in [6.45, 7) is 3.37. The van der Waals surface area contributed by atoms with Gasteiger partial charge in [-0.05, 0) is 51.0 Å². The van der Waals surface area contributed by atoms with Crippen LogP contribution in [0.1, 0.15) is 60.5 Å². The van der Waals surface area contributed by atoms with Crippen molar-refractivity contribution in [2.45, 2.75) is 57.4 Å². The summed E-state index contributed by atoms with van der Waals surface area (Å²) in [4.78, 5) is 13.3. The minimum atomic E-state index is -3.42. The van der Waals surface area contributed by atoms with E-state index in [1.54, 1.807) is 30.5 Å². The molecule has 1 heterocycles. The van der Waals surface area contributed by atoms with Crippen LogP contribution in [0.2, 0.25) is 10.0 Å². The molecule has 8 heteroatoms. The van der Waals surface area contributed by atoms with Gasteiger partial charge in [-0.2, -0.15) is 0 Å². The smallest absolute Gasteiger partial charge is 0.253 e. The van der Waals surface area contributed by atoms with E-state index >= 15 is 0 Å². The van der Waals surface area contributed by atoms with Crippen LogP contribution >= 0.6 is 23.2 Å². The average molecular weight is 457 g/mol. The number of nitrogens with one attached hydrogen (secondary N) is 1. The maximum Gasteiger partial charge on any atom is 0.253 e. The predicted octanol–water partition coefficient (Wildman–Crippen LogP) is 5.13. The molecule has 2 fully saturated rings. The minimum absolute atomic E-state index is 0.168. The van der Waals surface area contributed by atoms with Gasteiger partial charge >= 0.3 is 0 Å². The summed E-state index contributed by atoms with van der Waals surface area (Å²) < 4.78 is 26.2. The Hall–Kier alpha value is -1.24. The van der Waals surface area contributed by atoms with Crippen molar-refractivity contribution in [2.24, 2.45) is 11.8 Å². The first-order valence-electron chi connectivity index (χ1n) is 10.1. The molecule has 0 aliphatic heterocycles. The van der Waals surface area contributed by atoms with Gasteiger partial charge in [0.25, 0.3) is 5.91 Å². The van der Waals surface area contributed by atoms with Crippen molar-refractivity contribution in [2.75, 3.05) is 6.26 Å². The zero-order valence-electron chi connectivity index (χ0n) is 16.8. The number of halogens is 2. The quantitative estimate of drug-likeness (QED) is 0.692. The van der Waals surface area contributed by atoms with Crippen molar-refractivity contribution < 1.29 is 13.2 Å². The van der Waals surface area contributed by atoms with Crippen LogP contribution in [0.25, 0.3) is 10.9 Å². The normalized spacial score (nSPS) is 25.3. The van der Waals surface area contributed by atoms with Crippen molar-refractivity contribution in [3.8, 4) is 0 Å². The van der Waals surface area contributed by atoms with E-state index in [9.17, 15) is 13.2 Å². The molecular weight excluding hydrogens is 431 g/mol. The molecule has 3 atom stereocenters. The van der Waals surface area contributed by atoms with Crippen LogP contribution in [0.15, 0.2) is 12.1 Å². The van der Waals surface area contributed by atoms with E-state index in [-0.39, 0.29) is 17.0 Å². The van der Waals surface area contributed by atoms with E-state index in [1.807, 2.05) is 0 Å². The van der Waals surface area contributed by atoms with Gasteiger partial charge in [-0.3, -0.25) is 4.79 Å². The van der Waals surface area contributed by atoms with Gasteiger partial charge in [-0.1, -0.05) is 42.1 Å². The molecule has 4 rings (SSSR count). The van der Waals surface area contributed by atoms with Gasteiger partial charge in [0.1, 0.15) is 5.37 Å². The monoisotopic (exact) mass is 456 g/mol. The van der Waals surface area contributed by atoms with Crippen LogP contribution < -0.4 is 5.32 Å². The van der Waals surface area contributed by atoms with Crippen LogP contribution in [0.4, 0.5) is 0 Å². The van der Waals surface area contributed by atoms with Gasteiger partial charge in [0.05, 0.1) is 21.1 Å². The number of benzene rings is 1. The van der Waals surface area contributed by atoms with Crippen molar-refractivity contribution in [3.63, 3.8) is 0 Å². The highest BCUT2D eigenvalue weighted by atomic mass is 35.5. The molecule has 29 heavy (non-hydrogen) atoms. The second-order valence-corrected chi connectivity index (χ2v) is 11.8. The Labute approximate surface area is 181 Å². The highest BCUT2D eigenvalue weighted by Gasteiger charge is 2.36. The van der Waals surface area contributed by atoms with E-state index in [0.717, 1.165) is 12.8 Å². The Kier molecular flexibility index (Phi) is 5.41. The molecule has 2 bridgehead atoms. The molecular formula is C21H26Cl2N2O3S. The Morgan fingerprint density at radius 1 is 1.17 bits per heavy atom. The first kappa shape index (κ1) is 21.0. The highest BCUT2D eigenvalue weighted by Crippen LogP contribution is 2.42. The molecule has 1 aromatic heterocycles. The molecule has 3 unspecified atom stereocenters. The van der Waals surface area contributed by atoms with Crippen LogP contribution in [0, 0.1) is 18.8 Å². The van der Waals surface area contributed by atoms with E-state index < -0.39 is 15.2 Å². The van der Waals surface area contributed by atoms with Crippen LogP contribution in [-0.2, 0) is 9.84 Å². The van der Waals surface area contributed by atoms with E-state index in [4.69, 9.17) is 23.2 Å². The molecule has 158 valence electrons. The molecule has 0 radical (unpaired) electrons. The Morgan fingerprint density at radius 3 is 2.38 bits per heavy atom. The van der Waals surface area contributed by atoms with E-state index in [2.05, 4.69) is 5.32 Å². The van der Waals surface area contributed by atoms with Gasteiger partial charge in [0.2, 0.25) is 0 Å². The molecule has 0 saturated heterocycles.